The van der Waals surface area contributed by atoms with E-state index in [-0.39, 0.29) is 17.5 Å². The van der Waals surface area contributed by atoms with Crippen LogP contribution in [-0.2, 0) is 11.2 Å². The Morgan fingerprint density at radius 2 is 2.04 bits per heavy atom. The fraction of sp³-hybridized carbons (Fsp3) is 0.286. The van der Waals surface area contributed by atoms with Crippen LogP contribution in [0.25, 0.3) is 10.9 Å². The number of amides is 1. The number of aromatic amines is 1. The van der Waals surface area contributed by atoms with Crippen LogP contribution in [0.5, 0.6) is 5.75 Å². The van der Waals surface area contributed by atoms with Crippen molar-refractivity contribution in [2.45, 2.75) is 25.8 Å². The summed E-state index contributed by atoms with van der Waals surface area (Å²) < 4.78 is 5.21. The van der Waals surface area contributed by atoms with E-state index in [1.165, 1.54) is 0 Å². The third-order valence-electron chi connectivity index (χ3n) is 4.46. The predicted octanol–water partition coefficient (Wildman–Crippen LogP) is 2.48. The van der Waals surface area contributed by atoms with Crippen molar-refractivity contribution < 1.29 is 9.53 Å². The van der Waals surface area contributed by atoms with Crippen LogP contribution >= 0.6 is 0 Å². The maximum atomic E-state index is 12.5. The summed E-state index contributed by atoms with van der Waals surface area (Å²) in [6.07, 6.45) is 1.08. The lowest BCUT2D eigenvalue weighted by Crippen LogP contribution is -2.40. The molecule has 0 saturated heterocycles. The molecule has 146 valence electrons. The lowest BCUT2D eigenvalue weighted by molar-refractivity contribution is -0.121. The van der Waals surface area contributed by atoms with E-state index in [1.54, 1.807) is 25.3 Å². The van der Waals surface area contributed by atoms with E-state index < -0.39 is 0 Å². The van der Waals surface area contributed by atoms with Gasteiger partial charge in [-0.1, -0.05) is 25.1 Å². The van der Waals surface area contributed by atoms with E-state index >= 15 is 0 Å². The second kappa shape index (κ2) is 9.03. The number of carbonyl (C=O) groups is 1. The van der Waals surface area contributed by atoms with E-state index in [9.17, 15) is 9.59 Å². The van der Waals surface area contributed by atoms with Gasteiger partial charge in [-0.15, -0.1) is 0 Å². The predicted molar refractivity (Wildman–Crippen MR) is 110 cm³/mol. The summed E-state index contributed by atoms with van der Waals surface area (Å²) in [5.74, 6) is 1.18. The van der Waals surface area contributed by atoms with Crippen LogP contribution in [0.4, 0.5) is 5.69 Å². The first kappa shape index (κ1) is 19.4. The number of fused-ring (bicyclic) bond motifs is 1. The van der Waals surface area contributed by atoms with Crippen LogP contribution in [0.2, 0.25) is 0 Å². The summed E-state index contributed by atoms with van der Waals surface area (Å²) >= 11 is 0. The summed E-state index contributed by atoms with van der Waals surface area (Å²) in [4.78, 5) is 31.8. The van der Waals surface area contributed by atoms with Crippen LogP contribution in [0.1, 0.15) is 19.2 Å². The average Bonchev–Trinajstić information content (AvgIpc) is 2.72. The van der Waals surface area contributed by atoms with Gasteiger partial charge in [-0.2, -0.15) is 0 Å². The molecule has 3 rings (SSSR count). The van der Waals surface area contributed by atoms with Gasteiger partial charge in [0.2, 0.25) is 5.91 Å². The summed E-state index contributed by atoms with van der Waals surface area (Å²) in [7, 11) is 1.61. The molecule has 0 aliphatic carbocycles. The largest absolute Gasteiger partial charge is 0.497 e. The highest BCUT2D eigenvalue weighted by molar-refractivity contribution is 5.84. The number of hydrogen-bond acceptors (Lipinski definition) is 5. The normalized spacial score (nSPS) is 11.8. The first-order valence-corrected chi connectivity index (χ1v) is 9.27. The number of aromatic nitrogens is 2. The van der Waals surface area contributed by atoms with Crippen molar-refractivity contribution in [2.24, 2.45) is 0 Å². The number of H-pyrrole nitrogens is 1. The first-order valence-electron chi connectivity index (χ1n) is 9.27. The Kier molecular flexibility index (Phi) is 6.26. The third kappa shape index (κ3) is 4.68. The smallest absolute Gasteiger partial charge is 0.258 e. The summed E-state index contributed by atoms with van der Waals surface area (Å²) in [6.45, 7) is 2.33. The summed E-state index contributed by atoms with van der Waals surface area (Å²) in [5.41, 5.74) is 1.30. The molecule has 0 aliphatic rings. The second-order valence-corrected chi connectivity index (χ2v) is 6.41. The molecular formula is C21H24N4O3. The molecule has 1 atom stereocenters. The highest BCUT2D eigenvalue weighted by Gasteiger charge is 2.16. The monoisotopic (exact) mass is 380 g/mol. The van der Waals surface area contributed by atoms with Crippen molar-refractivity contribution in [1.82, 2.24) is 15.3 Å². The average molecular weight is 380 g/mol. The number of carbonyl (C=O) groups excluding carboxylic acids is 1. The molecule has 7 nitrogen and oxygen atoms in total. The van der Waals surface area contributed by atoms with E-state index in [4.69, 9.17) is 4.74 Å². The number of benzene rings is 2. The van der Waals surface area contributed by atoms with Crippen LogP contribution in [0.15, 0.2) is 53.3 Å². The van der Waals surface area contributed by atoms with E-state index in [1.807, 2.05) is 37.3 Å². The number of rotatable bonds is 8. The Balaban J connectivity index is 1.58. The molecule has 1 aromatic heterocycles. The van der Waals surface area contributed by atoms with Gasteiger partial charge in [0.15, 0.2) is 0 Å². The maximum Gasteiger partial charge on any atom is 0.258 e. The third-order valence-corrected chi connectivity index (χ3v) is 4.46. The summed E-state index contributed by atoms with van der Waals surface area (Å²) in [5, 5.41) is 6.68. The van der Waals surface area contributed by atoms with Crippen molar-refractivity contribution in [2.75, 3.05) is 19.0 Å². The Morgan fingerprint density at radius 3 is 2.82 bits per heavy atom. The van der Waals surface area contributed by atoms with Gasteiger partial charge in [-0.05, 0) is 30.7 Å². The minimum absolute atomic E-state index is 0.103. The van der Waals surface area contributed by atoms with Crippen molar-refractivity contribution in [3.63, 3.8) is 0 Å². The molecule has 3 aromatic rings. The molecule has 0 radical (unpaired) electrons. The number of nitrogens with zero attached hydrogens (tertiary/aromatic N) is 1. The molecule has 1 heterocycles. The van der Waals surface area contributed by atoms with Crippen LogP contribution in [-0.4, -0.2) is 35.6 Å². The van der Waals surface area contributed by atoms with Gasteiger partial charge in [-0.3, -0.25) is 9.59 Å². The lowest BCUT2D eigenvalue weighted by Gasteiger charge is -2.18. The zero-order valence-corrected chi connectivity index (χ0v) is 16.0. The van der Waals surface area contributed by atoms with Crippen LogP contribution in [0, 0.1) is 0 Å². The number of hydrogen-bond donors (Lipinski definition) is 3. The number of methoxy groups -OCH3 is 1. The van der Waals surface area contributed by atoms with Gasteiger partial charge >= 0.3 is 0 Å². The van der Waals surface area contributed by atoms with Crippen LogP contribution < -0.4 is 20.9 Å². The molecule has 28 heavy (non-hydrogen) atoms. The molecular weight excluding hydrogens is 356 g/mol. The lowest BCUT2D eigenvalue weighted by atomic mass is 10.2. The second-order valence-electron chi connectivity index (χ2n) is 6.41. The molecule has 0 spiro atoms. The van der Waals surface area contributed by atoms with Gasteiger partial charge in [0.25, 0.3) is 5.56 Å². The molecule has 0 saturated carbocycles. The minimum Gasteiger partial charge on any atom is -0.497 e. The number of nitrogens with one attached hydrogen (secondary N) is 3. The molecule has 0 bridgehead atoms. The molecule has 0 unspecified atom stereocenters. The first-order chi connectivity index (χ1) is 13.6. The Labute approximate surface area is 163 Å². The Morgan fingerprint density at radius 1 is 1.21 bits per heavy atom. The van der Waals surface area contributed by atoms with Crippen molar-refractivity contribution in [3.8, 4) is 5.75 Å². The summed E-state index contributed by atoms with van der Waals surface area (Å²) in [6, 6.07) is 14.3. The number of ether oxygens (including phenoxy) is 1. The van der Waals surface area contributed by atoms with E-state index in [0.29, 0.717) is 36.1 Å². The van der Waals surface area contributed by atoms with Gasteiger partial charge in [-0.25, -0.2) is 4.98 Å². The van der Waals surface area contributed by atoms with E-state index in [0.717, 1.165) is 11.4 Å². The molecule has 3 N–H and O–H groups in total. The highest BCUT2D eigenvalue weighted by atomic mass is 16.5. The van der Waals surface area contributed by atoms with Crippen molar-refractivity contribution in [1.29, 1.82) is 0 Å². The SMILES string of the molecule is CC[C@H](Nc1cccc(OC)c1)C(=O)NCCc1nc2ccccc2c(=O)[nH]1. The van der Waals surface area contributed by atoms with Crippen molar-refractivity contribution in [3.05, 3.63) is 64.7 Å². The molecule has 2 aromatic carbocycles. The topological polar surface area (TPSA) is 96.1 Å². The van der Waals surface area contributed by atoms with Gasteiger partial charge in [0.05, 0.1) is 18.0 Å². The van der Waals surface area contributed by atoms with E-state index in [2.05, 4.69) is 20.6 Å². The zero-order valence-electron chi connectivity index (χ0n) is 16.0. The molecule has 1 amide bonds. The standard InChI is InChI=1S/C21H24N4O3/c1-3-17(23-14-7-6-8-15(13-14)28-2)21(27)22-12-11-19-24-18-10-5-4-9-16(18)20(26)25-19/h4-10,13,17,23H,3,11-12H2,1-2H3,(H,22,27)(H,24,25,26)/t17-/m0/s1. The Hall–Kier alpha value is -3.35. The quantitative estimate of drug-likeness (QED) is 0.558. The fourth-order valence-electron chi connectivity index (χ4n) is 2.95. The zero-order chi connectivity index (χ0) is 19.9. The van der Waals surface area contributed by atoms with Crippen molar-refractivity contribution >= 4 is 22.5 Å². The fourth-order valence-corrected chi connectivity index (χ4v) is 2.95. The molecule has 0 aliphatic heterocycles. The van der Waals surface area contributed by atoms with Crippen LogP contribution in [0.3, 0.4) is 0 Å². The molecule has 7 heteroatoms. The van der Waals surface area contributed by atoms with Gasteiger partial charge < -0.3 is 20.4 Å². The maximum absolute atomic E-state index is 12.5. The minimum atomic E-state index is -0.365. The highest BCUT2D eigenvalue weighted by Crippen LogP contribution is 2.18. The Bertz CT molecular complexity index is 1020. The van der Waals surface area contributed by atoms with Gasteiger partial charge in [0, 0.05) is 24.7 Å². The number of anilines is 1. The van der Waals surface area contributed by atoms with Gasteiger partial charge in [0.1, 0.15) is 17.6 Å². The number of para-hydroxylation sites is 1. The molecule has 0 fully saturated rings.